The Hall–Kier alpha value is -2.19. The van der Waals surface area contributed by atoms with Gasteiger partial charge in [-0.3, -0.25) is 18.9 Å². The zero-order valence-corrected chi connectivity index (χ0v) is 16.7. The third-order valence-electron chi connectivity index (χ3n) is 5.24. The molecule has 0 atom stereocenters. The second-order valence-corrected chi connectivity index (χ2v) is 7.94. The number of amides is 1. The van der Waals surface area contributed by atoms with E-state index in [4.69, 9.17) is 0 Å². The SMILES string of the molecule is CCCN1CCN(C(=O)Cn2nc(CC)n3c(cc4sccc43)c2=O)CC1. The highest BCUT2D eigenvalue weighted by molar-refractivity contribution is 7.17. The van der Waals surface area contributed by atoms with Crippen LogP contribution in [0, 0.1) is 0 Å². The maximum Gasteiger partial charge on any atom is 0.291 e. The zero-order valence-electron chi connectivity index (χ0n) is 15.8. The highest BCUT2D eigenvalue weighted by Gasteiger charge is 2.22. The number of thiophene rings is 1. The summed E-state index contributed by atoms with van der Waals surface area (Å²) in [6.07, 6.45) is 1.82. The quantitative estimate of drug-likeness (QED) is 0.670. The maximum absolute atomic E-state index is 12.9. The summed E-state index contributed by atoms with van der Waals surface area (Å²) in [5.41, 5.74) is 1.42. The standard InChI is InChI=1S/C19H25N5O2S/c1-3-6-21-7-9-22(10-8-21)18(25)13-23-19(26)15-12-16-14(5-11-27-16)24(15)17(4-2)20-23/h5,11-12H,3-4,6-10,13H2,1-2H3. The topological polar surface area (TPSA) is 62.9 Å². The van der Waals surface area contributed by atoms with Gasteiger partial charge in [-0.1, -0.05) is 13.8 Å². The van der Waals surface area contributed by atoms with Gasteiger partial charge in [-0.15, -0.1) is 11.3 Å². The molecule has 4 heterocycles. The van der Waals surface area contributed by atoms with Crippen molar-refractivity contribution >= 4 is 33.0 Å². The lowest BCUT2D eigenvalue weighted by Crippen LogP contribution is -2.50. The Balaban J connectivity index is 1.60. The van der Waals surface area contributed by atoms with Crippen molar-refractivity contribution < 1.29 is 4.79 Å². The van der Waals surface area contributed by atoms with Crippen LogP contribution in [0.1, 0.15) is 26.1 Å². The lowest BCUT2D eigenvalue weighted by atomic mass is 10.3. The van der Waals surface area contributed by atoms with Crippen molar-refractivity contribution in [3.05, 3.63) is 33.7 Å². The minimum Gasteiger partial charge on any atom is -0.339 e. The summed E-state index contributed by atoms with van der Waals surface area (Å²) < 4.78 is 4.34. The van der Waals surface area contributed by atoms with Crippen molar-refractivity contribution in [2.75, 3.05) is 32.7 Å². The van der Waals surface area contributed by atoms with Gasteiger partial charge in [0, 0.05) is 32.6 Å². The third-order valence-corrected chi connectivity index (χ3v) is 6.09. The van der Waals surface area contributed by atoms with E-state index < -0.39 is 0 Å². The van der Waals surface area contributed by atoms with E-state index in [1.807, 2.05) is 33.7 Å². The number of aromatic nitrogens is 3. The van der Waals surface area contributed by atoms with Crippen molar-refractivity contribution in [2.45, 2.75) is 33.2 Å². The molecule has 3 aromatic heterocycles. The van der Waals surface area contributed by atoms with E-state index in [-0.39, 0.29) is 18.0 Å². The molecule has 4 rings (SSSR count). The van der Waals surface area contributed by atoms with Gasteiger partial charge in [-0.25, -0.2) is 4.68 Å². The number of nitrogens with zero attached hydrogens (tertiary/aromatic N) is 5. The molecule has 3 aromatic rings. The van der Waals surface area contributed by atoms with Crippen LogP contribution in [0.25, 0.3) is 15.7 Å². The maximum atomic E-state index is 12.9. The number of hydrogen-bond acceptors (Lipinski definition) is 5. The Kier molecular flexibility index (Phi) is 5.01. The van der Waals surface area contributed by atoms with E-state index in [1.165, 1.54) is 4.68 Å². The summed E-state index contributed by atoms with van der Waals surface area (Å²) in [4.78, 5) is 29.9. The van der Waals surface area contributed by atoms with E-state index in [0.717, 1.165) is 55.2 Å². The molecule has 0 bridgehead atoms. The zero-order chi connectivity index (χ0) is 19.0. The number of rotatable bonds is 5. The minimum atomic E-state index is -0.200. The molecule has 0 N–H and O–H groups in total. The van der Waals surface area contributed by atoms with Gasteiger partial charge in [-0.05, 0) is 30.5 Å². The summed E-state index contributed by atoms with van der Waals surface area (Å²) in [5, 5.41) is 6.53. The first-order valence-corrected chi connectivity index (χ1v) is 10.5. The molecule has 27 heavy (non-hydrogen) atoms. The van der Waals surface area contributed by atoms with E-state index in [2.05, 4.69) is 16.9 Å². The highest BCUT2D eigenvalue weighted by atomic mass is 32.1. The fourth-order valence-electron chi connectivity index (χ4n) is 3.82. The van der Waals surface area contributed by atoms with E-state index in [9.17, 15) is 9.59 Å². The number of carbonyl (C=O) groups excluding carboxylic acids is 1. The van der Waals surface area contributed by atoms with Crippen LogP contribution in [-0.4, -0.2) is 62.6 Å². The first-order valence-electron chi connectivity index (χ1n) is 9.61. The molecule has 7 nitrogen and oxygen atoms in total. The molecule has 0 saturated carbocycles. The average Bonchev–Trinajstić information content (AvgIpc) is 3.26. The van der Waals surface area contributed by atoms with E-state index >= 15 is 0 Å². The molecule has 1 fully saturated rings. The fraction of sp³-hybridized carbons (Fsp3) is 0.526. The number of carbonyl (C=O) groups is 1. The van der Waals surface area contributed by atoms with Gasteiger partial charge in [0.1, 0.15) is 17.9 Å². The highest BCUT2D eigenvalue weighted by Crippen LogP contribution is 2.24. The number of piperazine rings is 1. The average molecular weight is 388 g/mol. The molecule has 1 aliphatic heterocycles. The second-order valence-electron chi connectivity index (χ2n) is 6.99. The molecule has 0 unspecified atom stereocenters. The summed E-state index contributed by atoms with van der Waals surface area (Å²) in [6.45, 7) is 8.51. The van der Waals surface area contributed by atoms with E-state index in [0.29, 0.717) is 11.9 Å². The van der Waals surface area contributed by atoms with Crippen LogP contribution in [0.15, 0.2) is 22.3 Å². The van der Waals surface area contributed by atoms with Crippen LogP contribution in [0.2, 0.25) is 0 Å². The molecule has 0 radical (unpaired) electrons. The first-order chi connectivity index (χ1) is 13.1. The molecule has 144 valence electrons. The van der Waals surface area contributed by atoms with Gasteiger partial charge in [0.05, 0.1) is 10.2 Å². The number of aryl methyl sites for hydroxylation is 1. The van der Waals surface area contributed by atoms with Crippen LogP contribution in [0.5, 0.6) is 0 Å². The summed E-state index contributed by atoms with van der Waals surface area (Å²) in [5.74, 6) is 0.777. The van der Waals surface area contributed by atoms with E-state index in [1.54, 1.807) is 11.3 Å². The van der Waals surface area contributed by atoms with Gasteiger partial charge in [0.2, 0.25) is 5.91 Å². The summed E-state index contributed by atoms with van der Waals surface area (Å²) in [7, 11) is 0. The Morgan fingerprint density at radius 1 is 1.19 bits per heavy atom. The predicted octanol–water partition coefficient (Wildman–Crippen LogP) is 1.83. The molecule has 0 spiro atoms. The summed E-state index contributed by atoms with van der Waals surface area (Å²) >= 11 is 1.61. The Bertz CT molecular complexity index is 1030. The van der Waals surface area contributed by atoms with Gasteiger partial charge in [0.25, 0.3) is 5.56 Å². The van der Waals surface area contributed by atoms with Crippen molar-refractivity contribution in [1.82, 2.24) is 24.0 Å². The van der Waals surface area contributed by atoms with Crippen LogP contribution in [-0.2, 0) is 17.8 Å². The van der Waals surface area contributed by atoms with Gasteiger partial charge < -0.3 is 4.90 Å². The molecule has 1 aliphatic rings. The molecular weight excluding hydrogens is 362 g/mol. The second kappa shape index (κ2) is 7.44. The van der Waals surface area contributed by atoms with Crippen LogP contribution in [0.4, 0.5) is 0 Å². The Morgan fingerprint density at radius 3 is 2.67 bits per heavy atom. The monoisotopic (exact) mass is 387 g/mol. The van der Waals surface area contributed by atoms with Crippen molar-refractivity contribution in [3.63, 3.8) is 0 Å². The van der Waals surface area contributed by atoms with Crippen molar-refractivity contribution in [1.29, 1.82) is 0 Å². The van der Waals surface area contributed by atoms with Crippen LogP contribution < -0.4 is 5.56 Å². The molecule has 0 aliphatic carbocycles. The van der Waals surface area contributed by atoms with Gasteiger partial charge in [0.15, 0.2) is 0 Å². The summed E-state index contributed by atoms with van der Waals surface area (Å²) in [6, 6.07) is 3.92. The lowest BCUT2D eigenvalue weighted by Gasteiger charge is -2.34. The van der Waals surface area contributed by atoms with Crippen LogP contribution in [0.3, 0.4) is 0 Å². The minimum absolute atomic E-state index is 0.00887. The lowest BCUT2D eigenvalue weighted by molar-refractivity contribution is -0.133. The molecule has 8 heteroatoms. The molecule has 1 amide bonds. The fourth-order valence-corrected chi connectivity index (χ4v) is 4.63. The van der Waals surface area contributed by atoms with Crippen LogP contribution >= 0.6 is 11.3 Å². The Labute approximate surface area is 161 Å². The van der Waals surface area contributed by atoms with Gasteiger partial charge >= 0.3 is 0 Å². The smallest absolute Gasteiger partial charge is 0.291 e. The molecule has 1 saturated heterocycles. The number of hydrogen-bond donors (Lipinski definition) is 0. The Morgan fingerprint density at radius 2 is 1.96 bits per heavy atom. The normalized spacial score (nSPS) is 15.9. The molecule has 0 aromatic carbocycles. The first kappa shape index (κ1) is 18.2. The molecular formula is C19H25N5O2S. The van der Waals surface area contributed by atoms with Crippen molar-refractivity contribution in [2.24, 2.45) is 0 Å². The van der Waals surface area contributed by atoms with Crippen molar-refractivity contribution in [3.8, 4) is 0 Å². The van der Waals surface area contributed by atoms with Gasteiger partial charge in [-0.2, -0.15) is 5.10 Å². The predicted molar refractivity (Wildman–Crippen MR) is 108 cm³/mol. The third kappa shape index (κ3) is 3.27. The largest absolute Gasteiger partial charge is 0.339 e. The number of fused-ring (bicyclic) bond motifs is 3.